The van der Waals surface area contributed by atoms with Crippen LogP contribution in [0.15, 0.2) is 42.5 Å². The first-order valence-corrected chi connectivity index (χ1v) is 7.69. The maximum atomic E-state index is 12.4. The van der Waals surface area contributed by atoms with Gasteiger partial charge in [0.15, 0.2) is 0 Å². The Kier molecular flexibility index (Phi) is 6.21. The quantitative estimate of drug-likeness (QED) is 0.846. The highest BCUT2D eigenvalue weighted by atomic mass is 16.5. The predicted octanol–water partition coefficient (Wildman–Crippen LogP) is 3.34. The van der Waals surface area contributed by atoms with E-state index in [1.165, 1.54) is 0 Å². The van der Waals surface area contributed by atoms with Gasteiger partial charge in [-0.25, -0.2) is 0 Å². The van der Waals surface area contributed by atoms with Gasteiger partial charge in [0.1, 0.15) is 11.5 Å². The van der Waals surface area contributed by atoms with Gasteiger partial charge >= 0.3 is 0 Å². The third kappa shape index (κ3) is 4.26. The van der Waals surface area contributed by atoms with Gasteiger partial charge in [-0.2, -0.15) is 0 Å². The van der Waals surface area contributed by atoms with Gasteiger partial charge in [0, 0.05) is 18.2 Å². The zero-order valence-electron chi connectivity index (χ0n) is 14.5. The van der Waals surface area contributed by atoms with Crippen LogP contribution in [0.4, 0.5) is 0 Å². The van der Waals surface area contributed by atoms with E-state index in [1.54, 1.807) is 33.5 Å². The highest BCUT2D eigenvalue weighted by Gasteiger charge is 2.16. The number of rotatable bonds is 7. The summed E-state index contributed by atoms with van der Waals surface area (Å²) in [5, 5.41) is 2.98. The average molecular weight is 329 g/mol. The summed E-state index contributed by atoms with van der Waals surface area (Å²) in [5.41, 5.74) is 2.49. The minimum atomic E-state index is -0.221. The van der Waals surface area contributed by atoms with Crippen molar-refractivity contribution in [2.24, 2.45) is 0 Å². The second-order valence-corrected chi connectivity index (χ2v) is 5.43. The molecule has 2 aromatic carbocycles. The fourth-order valence-corrected chi connectivity index (χ4v) is 2.45. The number of hydrogen-bond acceptors (Lipinski definition) is 4. The molecule has 0 radical (unpaired) electrons. The molecule has 1 amide bonds. The maximum absolute atomic E-state index is 12.4. The van der Waals surface area contributed by atoms with Crippen molar-refractivity contribution in [2.45, 2.75) is 19.6 Å². The molecule has 0 aliphatic heterocycles. The van der Waals surface area contributed by atoms with Crippen molar-refractivity contribution in [3.63, 3.8) is 0 Å². The molecule has 0 bridgehead atoms. The molecule has 128 valence electrons. The summed E-state index contributed by atoms with van der Waals surface area (Å²) in [6.07, 6.45) is 0. The molecule has 0 aliphatic carbocycles. The molecule has 24 heavy (non-hydrogen) atoms. The molecule has 0 aliphatic rings. The molecule has 0 aromatic heterocycles. The fourth-order valence-electron chi connectivity index (χ4n) is 2.45. The topological polar surface area (TPSA) is 56.8 Å². The van der Waals surface area contributed by atoms with Gasteiger partial charge in [-0.3, -0.25) is 4.79 Å². The summed E-state index contributed by atoms with van der Waals surface area (Å²) in [5.74, 6) is 1.28. The van der Waals surface area contributed by atoms with Gasteiger partial charge in [0.25, 0.3) is 5.91 Å². The Morgan fingerprint density at radius 2 is 1.75 bits per heavy atom. The minimum Gasteiger partial charge on any atom is -0.497 e. The first kappa shape index (κ1) is 17.8. The Bertz CT molecular complexity index is 682. The standard InChI is InChI=1S/C19H23NO4/c1-13(17-11-16(23-3)9-10-18(17)24-4)20-19(21)15-7-5-14(6-8-15)12-22-2/h5-11,13H,12H2,1-4H3,(H,20,21)/t13-/m1/s1. The van der Waals surface area contributed by atoms with Crippen LogP contribution in [-0.2, 0) is 11.3 Å². The monoisotopic (exact) mass is 329 g/mol. The summed E-state index contributed by atoms with van der Waals surface area (Å²) < 4.78 is 15.7. The molecule has 0 heterocycles. The summed E-state index contributed by atoms with van der Waals surface area (Å²) >= 11 is 0. The molecule has 5 nitrogen and oxygen atoms in total. The molecule has 1 N–H and O–H groups in total. The van der Waals surface area contributed by atoms with Crippen LogP contribution in [0, 0.1) is 0 Å². The van der Waals surface area contributed by atoms with Crippen LogP contribution >= 0.6 is 0 Å². The maximum Gasteiger partial charge on any atom is 0.251 e. The number of carbonyl (C=O) groups excluding carboxylic acids is 1. The van der Waals surface area contributed by atoms with Crippen LogP contribution in [0.3, 0.4) is 0 Å². The van der Waals surface area contributed by atoms with Crippen molar-refractivity contribution in [1.29, 1.82) is 0 Å². The first-order chi connectivity index (χ1) is 11.6. The van der Waals surface area contributed by atoms with Crippen LogP contribution in [0.5, 0.6) is 11.5 Å². The number of methoxy groups -OCH3 is 3. The van der Waals surface area contributed by atoms with Crippen LogP contribution in [0.2, 0.25) is 0 Å². The van der Waals surface area contributed by atoms with E-state index in [0.717, 1.165) is 16.9 Å². The molecule has 0 saturated heterocycles. The Morgan fingerprint density at radius 3 is 2.33 bits per heavy atom. The summed E-state index contributed by atoms with van der Waals surface area (Å²) in [6.45, 7) is 2.44. The second kappa shape index (κ2) is 8.36. The van der Waals surface area contributed by atoms with E-state index < -0.39 is 0 Å². The number of hydrogen-bond donors (Lipinski definition) is 1. The normalized spacial score (nSPS) is 11.7. The van der Waals surface area contributed by atoms with Gasteiger partial charge in [-0.15, -0.1) is 0 Å². The average Bonchev–Trinajstić information content (AvgIpc) is 2.61. The van der Waals surface area contributed by atoms with Crippen molar-refractivity contribution >= 4 is 5.91 Å². The Morgan fingerprint density at radius 1 is 1.04 bits per heavy atom. The van der Waals surface area contributed by atoms with Crippen molar-refractivity contribution in [1.82, 2.24) is 5.32 Å². The van der Waals surface area contributed by atoms with E-state index in [4.69, 9.17) is 14.2 Å². The third-order valence-electron chi connectivity index (χ3n) is 3.78. The van der Waals surface area contributed by atoms with Crippen LogP contribution in [0.25, 0.3) is 0 Å². The lowest BCUT2D eigenvalue weighted by Gasteiger charge is -2.18. The number of ether oxygens (including phenoxy) is 3. The van der Waals surface area contributed by atoms with Crippen molar-refractivity contribution in [2.75, 3.05) is 21.3 Å². The number of carbonyl (C=O) groups is 1. The van der Waals surface area contributed by atoms with Crippen LogP contribution < -0.4 is 14.8 Å². The van der Waals surface area contributed by atoms with Crippen molar-refractivity contribution in [3.8, 4) is 11.5 Å². The van der Waals surface area contributed by atoms with Gasteiger partial charge in [-0.1, -0.05) is 12.1 Å². The zero-order chi connectivity index (χ0) is 17.5. The number of benzene rings is 2. The lowest BCUT2D eigenvalue weighted by molar-refractivity contribution is 0.0939. The molecule has 0 fully saturated rings. The van der Waals surface area contributed by atoms with E-state index in [-0.39, 0.29) is 11.9 Å². The third-order valence-corrected chi connectivity index (χ3v) is 3.78. The summed E-state index contributed by atoms with van der Waals surface area (Å²) in [4.78, 5) is 12.4. The summed E-state index contributed by atoms with van der Waals surface area (Å²) in [7, 11) is 4.86. The summed E-state index contributed by atoms with van der Waals surface area (Å²) in [6, 6.07) is 12.7. The zero-order valence-corrected chi connectivity index (χ0v) is 14.5. The largest absolute Gasteiger partial charge is 0.497 e. The van der Waals surface area contributed by atoms with E-state index >= 15 is 0 Å². The lowest BCUT2D eigenvalue weighted by atomic mass is 10.1. The van der Waals surface area contributed by atoms with Crippen molar-refractivity contribution in [3.05, 3.63) is 59.2 Å². The lowest BCUT2D eigenvalue weighted by Crippen LogP contribution is -2.27. The fraction of sp³-hybridized carbons (Fsp3) is 0.316. The smallest absolute Gasteiger partial charge is 0.251 e. The molecule has 0 spiro atoms. The predicted molar refractivity (Wildman–Crippen MR) is 92.6 cm³/mol. The number of amides is 1. The Hall–Kier alpha value is -2.53. The van der Waals surface area contributed by atoms with Crippen molar-refractivity contribution < 1.29 is 19.0 Å². The van der Waals surface area contributed by atoms with Gasteiger partial charge in [0.2, 0.25) is 0 Å². The van der Waals surface area contributed by atoms with E-state index in [2.05, 4.69) is 5.32 Å². The van der Waals surface area contributed by atoms with E-state index in [9.17, 15) is 4.79 Å². The van der Waals surface area contributed by atoms with E-state index in [1.807, 2.05) is 37.3 Å². The van der Waals surface area contributed by atoms with Gasteiger partial charge in [0.05, 0.1) is 26.9 Å². The van der Waals surface area contributed by atoms with Crippen LogP contribution in [0.1, 0.15) is 34.5 Å². The molecule has 2 rings (SSSR count). The molecule has 2 aromatic rings. The van der Waals surface area contributed by atoms with E-state index in [0.29, 0.717) is 17.9 Å². The van der Waals surface area contributed by atoms with Gasteiger partial charge in [-0.05, 0) is 42.8 Å². The molecule has 0 saturated carbocycles. The molecule has 1 atom stereocenters. The Balaban J connectivity index is 2.13. The highest BCUT2D eigenvalue weighted by molar-refractivity contribution is 5.94. The first-order valence-electron chi connectivity index (χ1n) is 7.69. The number of nitrogens with one attached hydrogen (secondary N) is 1. The Labute approximate surface area is 142 Å². The second-order valence-electron chi connectivity index (χ2n) is 5.43. The molecule has 0 unspecified atom stereocenters. The van der Waals surface area contributed by atoms with Gasteiger partial charge < -0.3 is 19.5 Å². The molecule has 5 heteroatoms. The SMILES string of the molecule is COCc1ccc(C(=O)N[C@H](C)c2cc(OC)ccc2OC)cc1. The van der Waals surface area contributed by atoms with Crippen LogP contribution in [-0.4, -0.2) is 27.2 Å². The molecular weight excluding hydrogens is 306 g/mol. The minimum absolute atomic E-state index is 0.142. The highest BCUT2D eigenvalue weighted by Crippen LogP contribution is 2.29. The molecular formula is C19H23NO4.